The summed E-state index contributed by atoms with van der Waals surface area (Å²) in [4.78, 5) is 0. The van der Waals surface area contributed by atoms with Crippen LogP contribution in [0.5, 0.6) is 5.75 Å². The maximum atomic E-state index is 9.46. The minimum absolute atomic E-state index is 0.108. The Morgan fingerprint density at radius 2 is 1.33 bits per heavy atom. The largest absolute Gasteiger partial charge is 0.508 e. The Kier molecular flexibility index (Phi) is 3.41. The van der Waals surface area contributed by atoms with E-state index >= 15 is 0 Å². The molecule has 0 unspecified atom stereocenters. The van der Waals surface area contributed by atoms with E-state index in [1.54, 1.807) is 12.1 Å². The summed E-state index contributed by atoms with van der Waals surface area (Å²) in [5.74, 6) is 0.108. The predicted molar refractivity (Wildman–Crippen MR) is 83.7 cm³/mol. The molecule has 0 aliphatic carbocycles. The Bertz CT molecular complexity index is 799. The molecule has 0 amide bonds. The van der Waals surface area contributed by atoms with E-state index in [-0.39, 0.29) is 5.75 Å². The lowest BCUT2D eigenvalue weighted by Gasteiger charge is -2.07. The van der Waals surface area contributed by atoms with Crippen molar-refractivity contribution in [1.29, 1.82) is 5.26 Å². The topological polar surface area (TPSA) is 44.0 Å². The van der Waals surface area contributed by atoms with Crippen molar-refractivity contribution in [2.45, 2.75) is 0 Å². The Hall–Kier alpha value is -3.05. The van der Waals surface area contributed by atoms with Gasteiger partial charge in [-0.2, -0.15) is 5.26 Å². The van der Waals surface area contributed by atoms with Gasteiger partial charge in [0.05, 0.1) is 11.6 Å². The lowest BCUT2D eigenvalue weighted by atomic mass is 9.97. The van der Waals surface area contributed by atoms with E-state index in [0.29, 0.717) is 5.56 Å². The van der Waals surface area contributed by atoms with Crippen LogP contribution in [0.25, 0.3) is 22.3 Å². The SMILES string of the molecule is N#Cc1cc(O)ccc1-c1ccc(-c2ccccc2)cc1. The Balaban J connectivity index is 2.01. The highest BCUT2D eigenvalue weighted by Gasteiger charge is 2.06. The van der Waals surface area contributed by atoms with Gasteiger partial charge in [0.1, 0.15) is 5.75 Å². The van der Waals surface area contributed by atoms with Crippen molar-refractivity contribution in [3.63, 3.8) is 0 Å². The molecular formula is C19H13NO. The molecule has 0 spiro atoms. The smallest absolute Gasteiger partial charge is 0.116 e. The van der Waals surface area contributed by atoms with Crippen LogP contribution in [0.1, 0.15) is 5.56 Å². The summed E-state index contributed by atoms with van der Waals surface area (Å²) in [6.45, 7) is 0. The maximum absolute atomic E-state index is 9.46. The molecule has 0 fully saturated rings. The molecule has 2 nitrogen and oxygen atoms in total. The predicted octanol–water partition coefficient (Wildman–Crippen LogP) is 4.60. The van der Waals surface area contributed by atoms with E-state index in [0.717, 1.165) is 22.3 Å². The lowest BCUT2D eigenvalue weighted by Crippen LogP contribution is -1.85. The first-order valence-corrected chi connectivity index (χ1v) is 6.67. The summed E-state index contributed by atoms with van der Waals surface area (Å²) in [6.07, 6.45) is 0. The van der Waals surface area contributed by atoms with E-state index in [4.69, 9.17) is 0 Å². The van der Waals surface area contributed by atoms with Crippen LogP contribution in [0.15, 0.2) is 72.8 Å². The number of phenols is 1. The number of hydrogen-bond acceptors (Lipinski definition) is 2. The second-order valence-corrected chi connectivity index (χ2v) is 4.79. The molecule has 0 saturated carbocycles. The molecule has 0 aliphatic rings. The molecule has 3 rings (SSSR count). The molecular weight excluding hydrogens is 258 g/mol. The van der Waals surface area contributed by atoms with Gasteiger partial charge in [0.2, 0.25) is 0 Å². The van der Waals surface area contributed by atoms with Crippen LogP contribution >= 0.6 is 0 Å². The average Bonchev–Trinajstić information content (AvgIpc) is 2.56. The van der Waals surface area contributed by atoms with E-state index in [1.165, 1.54) is 6.07 Å². The van der Waals surface area contributed by atoms with Gasteiger partial charge >= 0.3 is 0 Å². The van der Waals surface area contributed by atoms with Crippen LogP contribution in [0.3, 0.4) is 0 Å². The zero-order chi connectivity index (χ0) is 14.7. The molecule has 0 bridgehead atoms. The first kappa shape index (κ1) is 13.0. The van der Waals surface area contributed by atoms with E-state index < -0.39 is 0 Å². The summed E-state index contributed by atoms with van der Waals surface area (Å²) >= 11 is 0. The molecule has 0 heterocycles. The summed E-state index contributed by atoms with van der Waals surface area (Å²) in [5, 5.41) is 18.6. The van der Waals surface area contributed by atoms with E-state index in [2.05, 4.69) is 18.2 Å². The fourth-order valence-electron chi connectivity index (χ4n) is 2.35. The van der Waals surface area contributed by atoms with Gasteiger partial charge in [-0.05, 0) is 40.5 Å². The summed E-state index contributed by atoms with van der Waals surface area (Å²) in [5.41, 5.74) is 4.57. The fraction of sp³-hybridized carbons (Fsp3) is 0. The molecule has 0 aliphatic heterocycles. The zero-order valence-corrected chi connectivity index (χ0v) is 11.3. The van der Waals surface area contributed by atoms with Crippen molar-refractivity contribution in [1.82, 2.24) is 0 Å². The number of phenolic OH excluding ortho intramolecular Hbond substituents is 1. The molecule has 3 aromatic rings. The Morgan fingerprint density at radius 3 is 2.00 bits per heavy atom. The van der Waals surface area contributed by atoms with Crippen LogP contribution in [-0.2, 0) is 0 Å². The second kappa shape index (κ2) is 5.52. The van der Waals surface area contributed by atoms with Crippen LogP contribution in [-0.4, -0.2) is 5.11 Å². The molecule has 0 radical (unpaired) electrons. The van der Waals surface area contributed by atoms with Crippen molar-refractivity contribution >= 4 is 0 Å². The number of benzene rings is 3. The molecule has 3 aromatic carbocycles. The quantitative estimate of drug-likeness (QED) is 0.740. The summed E-state index contributed by atoms with van der Waals surface area (Å²) in [6, 6.07) is 25.2. The van der Waals surface area contributed by atoms with E-state index in [9.17, 15) is 10.4 Å². The van der Waals surface area contributed by atoms with Gasteiger partial charge < -0.3 is 5.11 Å². The minimum atomic E-state index is 0.108. The molecule has 0 saturated heterocycles. The maximum Gasteiger partial charge on any atom is 0.116 e. The monoisotopic (exact) mass is 271 g/mol. The van der Waals surface area contributed by atoms with Crippen molar-refractivity contribution < 1.29 is 5.11 Å². The fourth-order valence-corrected chi connectivity index (χ4v) is 2.35. The zero-order valence-electron chi connectivity index (χ0n) is 11.3. The number of hydrogen-bond donors (Lipinski definition) is 1. The third-order valence-corrected chi connectivity index (χ3v) is 3.43. The first-order valence-electron chi connectivity index (χ1n) is 6.67. The van der Waals surface area contributed by atoms with Crippen molar-refractivity contribution in [2.24, 2.45) is 0 Å². The second-order valence-electron chi connectivity index (χ2n) is 4.79. The van der Waals surface area contributed by atoms with Crippen LogP contribution in [0.4, 0.5) is 0 Å². The van der Waals surface area contributed by atoms with Gasteiger partial charge in [0.15, 0.2) is 0 Å². The number of rotatable bonds is 2. The molecule has 0 aromatic heterocycles. The highest BCUT2D eigenvalue weighted by Crippen LogP contribution is 2.28. The normalized spacial score (nSPS) is 10.0. The van der Waals surface area contributed by atoms with Crippen molar-refractivity contribution in [2.75, 3.05) is 0 Å². The number of nitrogens with zero attached hydrogens (tertiary/aromatic N) is 1. The third-order valence-electron chi connectivity index (χ3n) is 3.43. The highest BCUT2D eigenvalue weighted by atomic mass is 16.3. The van der Waals surface area contributed by atoms with Crippen LogP contribution in [0.2, 0.25) is 0 Å². The lowest BCUT2D eigenvalue weighted by molar-refractivity contribution is 0.475. The number of aromatic hydroxyl groups is 1. The summed E-state index contributed by atoms with van der Waals surface area (Å²) in [7, 11) is 0. The average molecular weight is 271 g/mol. The molecule has 100 valence electrons. The summed E-state index contributed by atoms with van der Waals surface area (Å²) < 4.78 is 0. The highest BCUT2D eigenvalue weighted by molar-refractivity contribution is 5.74. The van der Waals surface area contributed by atoms with Gasteiger partial charge in [-0.3, -0.25) is 0 Å². The first-order chi connectivity index (χ1) is 10.3. The molecule has 1 N–H and O–H groups in total. The number of nitriles is 1. The van der Waals surface area contributed by atoms with Gasteiger partial charge in [0, 0.05) is 0 Å². The van der Waals surface area contributed by atoms with Crippen molar-refractivity contribution in [3.8, 4) is 34.1 Å². The third kappa shape index (κ3) is 2.63. The molecule has 2 heteroatoms. The van der Waals surface area contributed by atoms with E-state index in [1.807, 2.05) is 42.5 Å². The molecule has 0 atom stereocenters. The van der Waals surface area contributed by atoms with Gasteiger partial charge in [0.25, 0.3) is 0 Å². The van der Waals surface area contributed by atoms with Crippen LogP contribution in [0, 0.1) is 11.3 Å². The Morgan fingerprint density at radius 1 is 0.714 bits per heavy atom. The van der Waals surface area contributed by atoms with Gasteiger partial charge in [-0.1, -0.05) is 54.6 Å². The van der Waals surface area contributed by atoms with Gasteiger partial charge in [-0.15, -0.1) is 0 Å². The Labute approximate surface area is 123 Å². The van der Waals surface area contributed by atoms with Gasteiger partial charge in [-0.25, -0.2) is 0 Å². The van der Waals surface area contributed by atoms with Crippen molar-refractivity contribution in [3.05, 3.63) is 78.4 Å². The minimum Gasteiger partial charge on any atom is -0.508 e. The molecule has 21 heavy (non-hydrogen) atoms. The van der Waals surface area contributed by atoms with Crippen LogP contribution < -0.4 is 0 Å². The standard InChI is InChI=1S/C19H13NO/c20-13-17-12-18(21)10-11-19(17)16-8-6-15(7-9-16)14-4-2-1-3-5-14/h1-12,21H.